The van der Waals surface area contributed by atoms with Gasteiger partial charge in [-0.1, -0.05) is 42.5 Å². The molecule has 0 saturated carbocycles. The molecule has 0 fully saturated rings. The maximum atomic E-state index is 13.5. The van der Waals surface area contributed by atoms with E-state index in [-0.39, 0.29) is 5.82 Å². The van der Waals surface area contributed by atoms with Crippen molar-refractivity contribution in [1.82, 2.24) is 8.87 Å². The van der Waals surface area contributed by atoms with Gasteiger partial charge in [-0.25, -0.2) is 12.8 Å². The number of para-hydroxylation sites is 1. The molecule has 190 valence electrons. The summed E-state index contributed by atoms with van der Waals surface area (Å²) in [6, 6.07) is 20.7. The summed E-state index contributed by atoms with van der Waals surface area (Å²) in [5.41, 5.74) is 8.15. The van der Waals surface area contributed by atoms with Crippen LogP contribution in [0.15, 0.2) is 77.7 Å². The number of benzene rings is 3. The van der Waals surface area contributed by atoms with Gasteiger partial charge in [0.15, 0.2) is 0 Å². The first-order chi connectivity index (χ1) is 17.9. The second-order valence-corrected chi connectivity index (χ2v) is 12.1. The third-order valence-corrected chi connectivity index (χ3v) is 9.80. The first kappa shape index (κ1) is 24.1. The van der Waals surface area contributed by atoms with Crippen LogP contribution in [0.4, 0.5) is 4.39 Å². The molecule has 0 radical (unpaired) electrons. The van der Waals surface area contributed by atoms with Crippen molar-refractivity contribution in [3.05, 3.63) is 107 Å². The van der Waals surface area contributed by atoms with Gasteiger partial charge in [-0.15, -0.1) is 0 Å². The Hall–Kier alpha value is -3.22. The number of aryl methyl sites for hydroxylation is 2. The Bertz CT molecular complexity index is 1620. The minimum Gasteiger partial charge on any atom is -0.340 e. The Labute approximate surface area is 218 Å². The van der Waals surface area contributed by atoms with Crippen LogP contribution in [-0.4, -0.2) is 30.4 Å². The van der Waals surface area contributed by atoms with Crippen molar-refractivity contribution in [3.63, 3.8) is 0 Å². The summed E-state index contributed by atoms with van der Waals surface area (Å²) in [7, 11) is -3.54. The van der Waals surface area contributed by atoms with Crippen molar-refractivity contribution in [2.45, 2.75) is 50.5 Å². The Morgan fingerprint density at radius 2 is 1.65 bits per heavy atom. The molecule has 0 atom stereocenters. The van der Waals surface area contributed by atoms with Crippen LogP contribution in [0.2, 0.25) is 0 Å². The van der Waals surface area contributed by atoms with Gasteiger partial charge in [-0.05, 0) is 91.6 Å². The van der Waals surface area contributed by atoms with Crippen LogP contribution < -0.4 is 0 Å². The molecular formula is C31H31FN2O2S. The SMILES string of the molecule is Cc1c(C2=CCN(S(=O)(=O)c3ccc4c(c3)CCCC4)CC2)c2ccccc2n1Cc1ccc(F)cc1. The molecule has 0 unspecified atom stereocenters. The van der Waals surface area contributed by atoms with Crippen LogP contribution in [0, 0.1) is 12.7 Å². The minimum atomic E-state index is -3.54. The van der Waals surface area contributed by atoms with E-state index in [1.165, 1.54) is 46.2 Å². The molecule has 0 spiro atoms. The fourth-order valence-electron chi connectivity index (χ4n) is 5.93. The molecule has 1 aliphatic heterocycles. The summed E-state index contributed by atoms with van der Waals surface area (Å²) >= 11 is 0. The van der Waals surface area contributed by atoms with Crippen molar-refractivity contribution < 1.29 is 12.8 Å². The molecule has 0 N–H and O–H groups in total. The third-order valence-electron chi connectivity index (χ3n) is 7.94. The van der Waals surface area contributed by atoms with E-state index in [0.29, 0.717) is 31.0 Å². The molecule has 1 aliphatic carbocycles. The van der Waals surface area contributed by atoms with E-state index in [0.717, 1.165) is 36.0 Å². The van der Waals surface area contributed by atoms with Gasteiger partial charge in [0.05, 0.1) is 4.90 Å². The van der Waals surface area contributed by atoms with Crippen LogP contribution in [0.25, 0.3) is 16.5 Å². The fraction of sp³-hybridized carbons (Fsp3) is 0.290. The Morgan fingerprint density at radius 1 is 0.892 bits per heavy atom. The first-order valence-electron chi connectivity index (χ1n) is 13.1. The summed E-state index contributed by atoms with van der Waals surface area (Å²) in [5.74, 6) is -0.235. The van der Waals surface area contributed by atoms with Crippen molar-refractivity contribution in [3.8, 4) is 0 Å². The van der Waals surface area contributed by atoms with Crippen LogP contribution in [0.1, 0.15) is 47.2 Å². The number of aromatic nitrogens is 1. The highest BCUT2D eigenvalue weighted by atomic mass is 32.2. The third kappa shape index (κ3) is 4.42. The van der Waals surface area contributed by atoms with Crippen molar-refractivity contribution >= 4 is 26.5 Å². The zero-order valence-electron chi connectivity index (χ0n) is 21.1. The molecule has 4 aromatic rings. The molecular weight excluding hydrogens is 483 g/mol. The highest BCUT2D eigenvalue weighted by molar-refractivity contribution is 7.89. The number of halogens is 1. The quantitative estimate of drug-likeness (QED) is 0.305. The maximum Gasteiger partial charge on any atom is 0.243 e. The van der Waals surface area contributed by atoms with Crippen LogP contribution in [-0.2, 0) is 29.4 Å². The highest BCUT2D eigenvalue weighted by Gasteiger charge is 2.29. The second kappa shape index (κ2) is 9.58. The zero-order valence-corrected chi connectivity index (χ0v) is 21.9. The van der Waals surface area contributed by atoms with Gasteiger partial charge in [0.25, 0.3) is 0 Å². The summed E-state index contributed by atoms with van der Waals surface area (Å²) in [4.78, 5) is 0.414. The predicted octanol–water partition coefficient (Wildman–Crippen LogP) is 6.49. The van der Waals surface area contributed by atoms with Crippen molar-refractivity contribution in [2.75, 3.05) is 13.1 Å². The number of rotatable bonds is 5. The van der Waals surface area contributed by atoms with Crippen LogP contribution in [0.3, 0.4) is 0 Å². The monoisotopic (exact) mass is 514 g/mol. The van der Waals surface area contributed by atoms with E-state index in [9.17, 15) is 12.8 Å². The number of fused-ring (bicyclic) bond motifs is 2. The van der Waals surface area contributed by atoms with E-state index in [1.54, 1.807) is 10.4 Å². The fourth-order valence-corrected chi connectivity index (χ4v) is 7.36. The van der Waals surface area contributed by atoms with Gasteiger partial charge in [-0.3, -0.25) is 0 Å². The zero-order chi connectivity index (χ0) is 25.6. The molecule has 1 aromatic heterocycles. The number of sulfonamides is 1. The normalized spacial score (nSPS) is 16.5. The van der Waals surface area contributed by atoms with Gasteiger partial charge in [0.2, 0.25) is 10.0 Å². The molecule has 0 saturated heterocycles. The average Bonchev–Trinajstić information content (AvgIpc) is 3.20. The van der Waals surface area contributed by atoms with Gasteiger partial charge >= 0.3 is 0 Å². The molecule has 4 nitrogen and oxygen atoms in total. The van der Waals surface area contributed by atoms with E-state index in [2.05, 4.69) is 29.7 Å². The summed E-state index contributed by atoms with van der Waals surface area (Å²) in [5, 5.41) is 1.17. The predicted molar refractivity (Wildman–Crippen MR) is 147 cm³/mol. The van der Waals surface area contributed by atoms with Crippen molar-refractivity contribution in [1.29, 1.82) is 0 Å². The maximum absolute atomic E-state index is 13.5. The molecule has 3 aromatic carbocycles. The molecule has 0 amide bonds. The minimum absolute atomic E-state index is 0.235. The van der Waals surface area contributed by atoms with E-state index < -0.39 is 10.0 Å². The lowest BCUT2D eigenvalue weighted by atomic mass is 9.92. The Balaban J connectivity index is 1.30. The molecule has 2 heterocycles. The van der Waals surface area contributed by atoms with Gasteiger partial charge in [0.1, 0.15) is 5.82 Å². The van der Waals surface area contributed by atoms with E-state index in [1.807, 2.05) is 36.4 Å². The molecule has 6 rings (SSSR count). The Kier molecular flexibility index (Phi) is 6.25. The summed E-state index contributed by atoms with van der Waals surface area (Å²) in [6.07, 6.45) is 7.05. The van der Waals surface area contributed by atoms with Crippen molar-refractivity contribution in [2.24, 2.45) is 0 Å². The second-order valence-electron chi connectivity index (χ2n) is 10.2. The highest BCUT2D eigenvalue weighted by Crippen LogP contribution is 2.36. The number of hydrogen-bond donors (Lipinski definition) is 0. The lowest BCUT2D eigenvalue weighted by Crippen LogP contribution is -2.34. The van der Waals surface area contributed by atoms with Gasteiger partial charge < -0.3 is 4.57 Å². The molecule has 2 aliphatic rings. The topological polar surface area (TPSA) is 42.3 Å². The number of hydrogen-bond acceptors (Lipinski definition) is 2. The van der Waals surface area contributed by atoms with Crippen LogP contribution in [0.5, 0.6) is 0 Å². The van der Waals surface area contributed by atoms with E-state index >= 15 is 0 Å². The molecule has 6 heteroatoms. The molecule has 0 bridgehead atoms. The largest absolute Gasteiger partial charge is 0.340 e. The first-order valence-corrected chi connectivity index (χ1v) is 14.5. The van der Waals surface area contributed by atoms with Crippen LogP contribution >= 0.6 is 0 Å². The molecule has 37 heavy (non-hydrogen) atoms. The van der Waals surface area contributed by atoms with Gasteiger partial charge in [-0.2, -0.15) is 4.31 Å². The standard InChI is InChI=1S/C31H31FN2O2S/c1-22-31(29-8-4-5-9-30(29)34(22)21-23-10-13-27(32)14-11-23)25-16-18-33(19-17-25)37(35,36)28-15-12-24-6-2-3-7-26(24)20-28/h4-5,8-16,20H,2-3,6-7,17-19,21H2,1H3. The lowest BCUT2D eigenvalue weighted by molar-refractivity contribution is 0.441. The summed E-state index contributed by atoms with van der Waals surface area (Å²) < 4.78 is 44.3. The Morgan fingerprint density at radius 3 is 2.41 bits per heavy atom. The van der Waals surface area contributed by atoms with E-state index in [4.69, 9.17) is 0 Å². The summed E-state index contributed by atoms with van der Waals surface area (Å²) in [6.45, 7) is 3.60. The van der Waals surface area contributed by atoms with Gasteiger partial charge in [0, 0.05) is 41.8 Å². The number of nitrogens with zero attached hydrogens (tertiary/aromatic N) is 2. The average molecular weight is 515 g/mol. The smallest absolute Gasteiger partial charge is 0.243 e. The lowest BCUT2D eigenvalue weighted by Gasteiger charge is -2.27.